The second kappa shape index (κ2) is 6.59. The summed E-state index contributed by atoms with van der Waals surface area (Å²) in [4.78, 5) is 23.0. The fourth-order valence-corrected chi connectivity index (χ4v) is 3.61. The molecule has 0 bridgehead atoms. The zero-order valence-electron chi connectivity index (χ0n) is 13.4. The second-order valence-electron chi connectivity index (χ2n) is 7.47. The van der Waals surface area contributed by atoms with E-state index in [0.717, 1.165) is 12.8 Å². The largest absolute Gasteiger partial charge is 0.481 e. The summed E-state index contributed by atoms with van der Waals surface area (Å²) in [5, 5.41) is 11.8. The van der Waals surface area contributed by atoms with Crippen LogP contribution in [0.15, 0.2) is 0 Å². The zero-order valence-corrected chi connectivity index (χ0v) is 13.4. The van der Waals surface area contributed by atoms with Gasteiger partial charge in [-0.2, -0.15) is 0 Å². The van der Waals surface area contributed by atoms with E-state index in [1.54, 1.807) is 13.8 Å². The van der Waals surface area contributed by atoms with Crippen molar-refractivity contribution in [2.24, 2.45) is 23.2 Å². The van der Waals surface area contributed by atoms with Crippen LogP contribution in [0.2, 0.25) is 0 Å². The van der Waals surface area contributed by atoms with E-state index in [9.17, 15) is 9.59 Å². The van der Waals surface area contributed by atoms with Gasteiger partial charge in [0.1, 0.15) is 0 Å². The van der Waals surface area contributed by atoms with Crippen LogP contribution in [0.5, 0.6) is 0 Å². The molecule has 4 nitrogen and oxygen atoms in total. The summed E-state index contributed by atoms with van der Waals surface area (Å²) in [5.41, 5.74) is 0.308. The minimum absolute atomic E-state index is 0.0134. The lowest BCUT2D eigenvalue weighted by Gasteiger charge is -2.39. The number of carbonyl (C=O) groups is 2. The molecule has 1 rings (SSSR count). The Labute approximate surface area is 122 Å². The van der Waals surface area contributed by atoms with Crippen LogP contribution < -0.4 is 5.32 Å². The maximum Gasteiger partial charge on any atom is 0.308 e. The summed E-state index contributed by atoms with van der Waals surface area (Å²) in [6, 6.07) is -0.325. The average Bonchev–Trinajstić information content (AvgIpc) is 2.24. The van der Waals surface area contributed by atoms with Crippen LogP contribution in [0.25, 0.3) is 0 Å². The van der Waals surface area contributed by atoms with Gasteiger partial charge in [-0.15, -0.1) is 0 Å². The van der Waals surface area contributed by atoms with E-state index in [1.807, 2.05) is 0 Å². The molecule has 20 heavy (non-hydrogen) atoms. The van der Waals surface area contributed by atoms with Gasteiger partial charge in [0.25, 0.3) is 0 Å². The minimum Gasteiger partial charge on any atom is -0.481 e. The molecule has 1 saturated carbocycles. The number of nitrogens with one attached hydrogen (secondary N) is 1. The number of amides is 1. The molecule has 4 heteroatoms. The van der Waals surface area contributed by atoms with Gasteiger partial charge in [0.2, 0.25) is 5.91 Å². The first-order valence-corrected chi connectivity index (χ1v) is 7.63. The topological polar surface area (TPSA) is 66.4 Å². The quantitative estimate of drug-likeness (QED) is 0.815. The van der Waals surface area contributed by atoms with Crippen LogP contribution in [-0.2, 0) is 9.59 Å². The van der Waals surface area contributed by atoms with E-state index in [0.29, 0.717) is 23.7 Å². The first-order chi connectivity index (χ1) is 9.10. The molecule has 4 unspecified atom stereocenters. The molecule has 0 spiro atoms. The van der Waals surface area contributed by atoms with Crippen molar-refractivity contribution in [3.8, 4) is 0 Å². The van der Waals surface area contributed by atoms with Gasteiger partial charge in [0.05, 0.1) is 5.92 Å². The Morgan fingerprint density at radius 1 is 1.30 bits per heavy atom. The number of carbonyl (C=O) groups excluding carboxylic acids is 1. The zero-order chi connectivity index (χ0) is 15.5. The molecular weight excluding hydrogens is 254 g/mol. The van der Waals surface area contributed by atoms with Crippen molar-refractivity contribution in [2.75, 3.05) is 0 Å². The SMILES string of the molecule is CC1CC(CC(=O)NC(C)C(C)C(=O)O)CC(C)(C)C1. The van der Waals surface area contributed by atoms with Gasteiger partial charge in [-0.3, -0.25) is 9.59 Å². The van der Waals surface area contributed by atoms with E-state index >= 15 is 0 Å². The van der Waals surface area contributed by atoms with Crippen LogP contribution in [0.4, 0.5) is 0 Å². The Morgan fingerprint density at radius 3 is 2.40 bits per heavy atom. The third kappa shape index (κ3) is 5.14. The van der Waals surface area contributed by atoms with Crippen molar-refractivity contribution in [3.63, 3.8) is 0 Å². The first kappa shape index (κ1) is 17.0. The van der Waals surface area contributed by atoms with Crippen LogP contribution in [0.1, 0.15) is 60.3 Å². The highest BCUT2D eigenvalue weighted by Crippen LogP contribution is 2.42. The number of rotatable bonds is 5. The molecule has 1 aliphatic carbocycles. The van der Waals surface area contributed by atoms with Crippen LogP contribution in [0.3, 0.4) is 0 Å². The predicted molar refractivity (Wildman–Crippen MR) is 79.3 cm³/mol. The van der Waals surface area contributed by atoms with E-state index in [1.165, 1.54) is 6.42 Å². The molecule has 0 aromatic rings. The summed E-state index contributed by atoms with van der Waals surface area (Å²) >= 11 is 0. The molecule has 0 radical (unpaired) electrons. The van der Waals surface area contributed by atoms with Crippen molar-refractivity contribution < 1.29 is 14.7 Å². The fourth-order valence-electron chi connectivity index (χ4n) is 3.61. The third-order valence-corrected chi connectivity index (χ3v) is 4.48. The van der Waals surface area contributed by atoms with E-state index in [-0.39, 0.29) is 11.9 Å². The Bertz CT molecular complexity index is 365. The Balaban J connectivity index is 2.48. The van der Waals surface area contributed by atoms with Gasteiger partial charge >= 0.3 is 5.97 Å². The second-order valence-corrected chi connectivity index (χ2v) is 7.47. The van der Waals surface area contributed by atoms with Crippen LogP contribution >= 0.6 is 0 Å². The third-order valence-electron chi connectivity index (χ3n) is 4.48. The maximum atomic E-state index is 12.1. The van der Waals surface area contributed by atoms with Crippen molar-refractivity contribution in [3.05, 3.63) is 0 Å². The van der Waals surface area contributed by atoms with Crippen molar-refractivity contribution in [2.45, 2.75) is 66.3 Å². The summed E-state index contributed by atoms with van der Waals surface area (Å²) in [7, 11) is 0. The first-order valence-electron chi connectivity index (χ1n) is 7.63. The smallest absolute Gasteiger partial charge is 0.308 e. The average molecular weight is 283 g/mol. The number of carboxylic acid groups (broad SMARTS) is 1. The molecule has 1 fully saturated rings. The number of hydrogen-bond acceptors (Lipinski definition) is 2. The predicted octanol–water partition coefficient (Wildman–Crippen LogP) is 3.06. The van der Waals surface area contributed by atoms with Crippen molar-refractivity contribution in [1.82, 2.24) is 5.32 Å². The van der Waals surface area contributed by atoms with Crippen molar-refractivity contribution in [1.29, 1.82) is 0 Å². The number of aliphatic carboxylic acids is 1. The standard InChI is InChI=1S/C16H29NO3/c1-10-6-13(9-16(4,5)8-10)7-14(18)17-12(3)11(2)15(19)20/h10-13H,6-9H2,1-5H3,(H,17,18)(H,19,20). The minimum atomic E-state index is -0.870. The lowest BCUT2D eigenvalue weighted by atomic mass is 9.67. The highest BCUT2D eigenvalue weighted by atomic mass is 16.4. The lowest BCUT2D eigenvalue weighted by Crippen LogP contribution is -2.41. The molecule has 116 valence electrons. The van der Waals surface area contributed by atoms with Gasteiger partial charge in [-0.05, 0) is 50.4 Å². The molecule has 1 aliphatic rings. The van der Waals surface area contributed by atoms with Gasteiger partial charge in [0.15, 0.2) is 0 Å². The molecule has 0 aromatic carbocycles. The molecule has 1 amide bonds. The van der Waals surface area contributed by atoms with Gasteiger partial charge in [-0.1, -0.05) is 20.8 Å². The summed E-state index contributed by atoms with van der Waals surface area (Å²) in [6.45, 7) is 10.2. The molecule has 4 atom stereocenters. The Morgan fingerprint density at radius 2 is 1.90 bits per heavy atom. The van der Waals surface area contributed by atoms with Gasteiger partial charge < -0.3 is 10.4 Å². The van der Waals surface area contributed by atoms with Gasteiger partial charge in [0, 0.05) is 12.5 Å². The van der Waals surface area contributed by atoms with E-state index in [2.05, 4.69) is 26.1 Å². The van der Waals surface area contributed by atoms with Gasteiger partial charge in [-0.25, -0.2) is 0 Å². The summed E-state index contributed by atoms with van der Waals surface area (Å²) in [5.74, 6) is -0.362. The molecule has 0 aromatic heterocycles. The maximum absolute atomic E-state index is 12.1. The Hall–Kier alpha value is -1.06. The molecular formula is C16H29NO3. The van der Waals surface area contributed by atoms with E-state index < -0.39 is 11.9 Å². The highest BCUT2D eigenvalue weighted by molar-refractivity contribution is 5.78. The van der Waals surface area contributed by atoms with Crippen LogP contribution in [0, 0.1) is 23.2 Å². The molecule has 0 aliphatic heterocycles. The molecule has 2 N–H and O–H groups in total. The lowest BCUT2D eigenvalue weighted by molar-refractivity contribution is -0.142. The Kier molecular flexibility index (Phi) is 5.60. The van der Waals surface area contributed by atoms with Crippen LogP contribution in [-0.4, -0.2) is 23.0 Å². The normalized spacial score (nSPS) is 28.4. The highest BCUT2D eigenvalue weighted by Gasteiger charge is 2.33. The molecule has 0 saturated heterocycles. The molecule has 0 heterocycles. The monoisotopic (exact) mass is 283 g/mol. The number of hydrogen-bond donors (Lipinski definition) is 2. The summed E-state index contributed by atoms with van der Waals surface area (Å²) < 4.78 is 0. The van der Waals surface area contributed by atoms with Crippen molar-refractivity contribution >= 4 is 11.9 Å². The fraction of sp³-hybridized carbons (Fsp3) is 0.875. The number of carboxylic acids is 1. The summed E-state index contributed by atoms with van der Waals surface area (Å²) in [6.07, 6.45) is 3.91. The van der Waals surface area contributed by atoms with E-state index in [4.69, 9.17) is 5.11 Å².